The number of anilines is 1. The maximum atomic E-state index is 9.93. The molecule has 9 heteroatoms. The molecule has 9 nitrogen and oxygen atoms in total. The second-order valence-electron chi connectivity index (χ2n) is 9.03. The van der Waals surface area contributed by atoms with Crippen molar-refractivity contribution in [1.29, 1.82) is 0 Å². The van der Waals surface area contributed by atoms with Gasteiger partial charge in [0.1, 0.15) is 11.3 Å². The Kier molecular flexibility index (Phi) is 4.29. The number of aliphatic hydroxyl groups is 1. The average Bonchev–Trinajstić information content (AvgIpc) is 3.41. The molecule has 0 bridgehead atoms. The normalized spacial score (nSPS) is 24.0. The van der Waals surface area contributed by atoms with E-state index in [9.17, 15) is 5.11 Å². The molecule has 0 saturated carbocycles. The Hall–Kier alpha value is -2.67. The number of nitrogens with zero attached hydrogens (tertiary/aromatic N) is 5. The van der Waals surface area contributed by atoms with Gasteiger partial charge in [-0.05, 0) is 39.5 Å². The summed E-state index contributed by atoms with van der Waals surface area (Å²) < 4.78 is 7.83. The molecular weight excluding hydrogens is 382 g/mol. The summed E-state index contributed by atoms with van der Waals surface area (Å²) in [5.74, 6) is 6.59. The number of fused-ring (bicyclic) bond motifs is 3. The molecule has 2 aliphatic heterocycles. The molecule has 0 aliphatic carbocycles. The monoisotopic (exact) mass is 409 g/mol. The van der Waals surface area contributed by atoms with E-state index in [0.29, 0.717) is 11.3 Å². The van der Waals surface area contributed by atoms with E-state index in [4.69, 9.17) is 15.5 Å². The molecular formula is C21H27N7O2. The van der Waals surface area contributed by atoms with E-state index >= 15 is 0 Å². The Bertz CT molecular complexity index is 1160. The number of hydrogen-bond donors (Lipinski definition) is 3. The van der Waals surface area contributed by atoms with E-state index in [1.165, 1.54) is 0 Å². The molecule has 1 spiro atoms. The first-order chi connectivity index (χ1) is 14.3. The standard InChI is InChI=1S/C21H27N7O2/c1-13-16(22)21(12-30-13)6-9-27(10-7-21)19-24-17-15(18-23-8-11-28(18)19)14(25-26-17)4-5-20(2,3)29/h8,11,13,16,29H,6-7,9-10,12,22H2,1-3H3,(H,25,26)/t13-,16+/m0/s1. The van der Waals surface area contributed by atoms with E-state index in [1.54, 1.807) is 20.0 Å². The number of nitrogens with one attached hydrogen (secondary N) is 1. The van der Waals surface area contributed by atoms with Gasteiger partial charge in [0.05, 0.1) is 18.1 Å². The summed E-state index contributed by atoms with van der Waals surface area (Å²) in [6.45, 7) is 7.79. The molecule has 2 aliphatic rings. The minimum atomic E-state index is -1.10. The number of aromatic nitrogens is 5. The van der Waals surface area contributed by atoms with Gasteiger partial charge in [0.25, 0.3) is 0 Å². The fourth-order valence-electron chi connectivity index (χ4n) is 4.58. The second-order valence-corrected chi connectivity index (χ2v) is 9.03. The maximum Gasteiger partial charge on any atom is 0.213 e. The van der Waals surface area contributed by atoms with Gasteiger partial charge in [-0.1, -0.05) is 5.92 Å². The van der Waals surface area contributed by atoms with Crippen LogP contribution in [0.25, 0.3) is 16.7 Å². The Morgan fingerprint density at radius 1 is 1.37 bits per heavy atom. The van der Waals surface area contributed by atoms with Crippen molar-refractivity contribution in [2.45, 2.75) is 51.4 Å². The van der Waals surface area contributed by atoms with Gasteiger partial charge in [0.15, 0.2) is 11.3 Å². The lowest BCUT2D eigenvalue weighted by Crippen LogP contribution is -2.51. The van der Waals surface area contributed by atoms with Gasteiger partial charge in [-0.15, -0.1) is 0 Å². The van der Waals surface area contributed by atoms with Gasteiger partial charge in [-0.25, -0.2) is 4.98 Å². The number of H-pyrrole nitrogens is 1. The third kappa shape index (κ3) is 3.03. The average molecular weight is 409 g/mol. The highest BCUT2D eigenvalue weighted by atomic mass is 16.5. The molecule has 5 rings (SSSR count). The fourth-order valence-corrected chi connectivity index (χ4v) is 4.58. The van der Waals surface area contributed by atoms with Crippen LogP contribution in [0.1, 0.15) is 39.3 Å². The molecule has 3 aromatic heterocycles. The quantitative estimate of drug-likeness (QED) is 0.515. The van der Waals surface area contributed by atoms with Crippen LogP contribution < -0.4 is 10.6 Å². The van der Waals surface area contributed by atoms with Crippen LogP contribution in [0.4, 0.5) is 5.95 Å². The van der Waals surface area contributed by atoms with E-state index < -0.39 is 5.60 Å². The summed E-state index contributed by atoms with van der Waals surface area (Å²) in [5.41, 5.74) is 7.34. The number of imidazole rings is 1. The highest BCUT2D eigenvalue weighted by Crippen LogP contribution is 2.42. The first kappa shape index (κ1) is 19.3. The third-order valence-corrected chi connectivity index (χ3v) is 6.41. The number of ether oxygens (including phenoxy) is 1. The summed E-state index contributed by atoms with van der Waals surface area (Å²) >= 11 is 0. The van der Waals surface area contributed by atoms with Gasteiger partial charge < -0.3 is 20.5 Å². The lowest BCUT2D eigenvalue weighted by Gasteiger charge is -2.41. The number of hydrogen-bond acceptors (Lipinski definition) is 7. The van der Waals surface area contributed by atoms with Gasteiger partial charge in [-0.3, -0.25) is 9.50 Å². The zero-order chi connectivity index (χ0) is 21.1. The van der Waals surface area contributed by atoms with Gasteiger partial charge >= 0.3 is 0 Å². The van der Waals surface area contributed by atoms with E-state index in [2.05, 4.69) is 38.8 Å². The van der Waals surface area contributed by atoms with E-state index in [-0.39, 0.29) is 17.6 Å². The second kappa shape index (κ2) is 6.67. The first-order valence-corrected chi connectivity index (χ1v) is 10.4. The van der Waals surface area contributed by atoms with Gasteiger partial charge in [0, 0.05) is 36.9 Å². The minimum Gasteiger partial charge on any atom is -0.378 e. The summed E-state index contributed by atoms with van der Waals surface area (Å²) in [6.07, 6.45) is 5.72. The summed E-state index contributed by atoms with van der Waals surface area (Å²) in [6, 6.07) is 0.0767. The van der Waals surface area contributed by atoms with Crippen molar-refractivity contribution in [1.82, 2.24) is 24.6 Å². The van der Waals surface area contributed by atoms with Crippen molar-refractivity contribution in [2.75, 3.05) is 24.6 Å². The zero-order valence-electron chi connectivity index (χ0n) is 17.5. The summed E-state index contributed by atoms with van der Waals surface area (Å²) in [7, 11) is 0. The third-order valence-electron chi connectivity index (χ3n) is 6.41. The van der Waals surface area contributed by atoms with Gasteiger partial charge in [-0.2, -0.15) is 10.1 Å². The molecule has 30 heavy (non-hydrogen) atoms. The van der Waals surface area contributed by atoms with Crippen LogP contribution in [0, 0.1) is 17.3 Å². The predicted molar refractivity (Wildman–Crippen MR) is 113 cm³/mol. The number of aromatic amines is 1. The molecule has 0 unspecified atom stereocenters. The Labute approximate surface area is 174 Å². The largest absolute Gasteiger partial charge is 0.378 e. The van der Waals surface area contributed by atoms with Crippen LogP contribution in [-0.4, -0.2) is 67.1 Å². The molecule has 0 radical (unpaired) electrons. The zero-order valence-corrected chi connectivity index (χ0v) is 17.5. The Balaban J connectivity index is 1.50. The van der Waals surface area contributed by atoms with Crippen LogP contribution >= 0.6 is 0 Å². The fraction of sp³-hybridized carbons (Fsp3) is 0.571. The number of piperidine rings is 1. The molecule has 5 heterocycles. The van der Waals surface area contributed by atoms with Crippen molar-refractivity contribution in [3.05, 3.63) is 18.1 Å². The Morgan fingerprint density at radius 2 is 2.13 bits per heavy atom. The van der Waals surface area contributed by atoms with Crippen molar-refractivity contribution >= 4 is 22.6 Å². The number of nitrogens with two attached hydrogens (primary N) is 1. The molecule has 0 amide bonds. The van der Waals surface area contributed by atoms with Crippen LogP contribution in [0.2, 0.25) is 0 Å². The molecule has 0 aromatic carbocycles. The molecule has 2 saturated heterocycles. The predicted octanol–water partition coefficient (Wildman–Crippen LogP) is 1.06. The van der Waals surface area contributed by atoms with Crippen LogP contribution in [0.3, 0.4) is 0 Å². The number of rotatable bonds is 1. The molecule has 3 aromatic rings. The van der Waals surface area contributed by atoms with Crippen molar-refractivity contribution in [2.24, 2.45) is 11.1 Å². The van der Waals surface area contributed by atoms with Crippen molar-refractivity contribution < 1.29 is 9.84 Å². The molecule has 2 fully saturated rings. The highest BCUT2D eigenvalue weighted by Gasteiger charge is 2.47. The molecule has 4 N–H and O–H groups in total. The highest BCUT2D eigenvalue weighted by molar-refractivity contribution is 5.94. The maximum absolute atomic E-state index is 9.93. The molecule has 2 atom stereocenters. The lowest BCUT2D eigenvalue weighted by molar-refractivity contribution is 0.0973. The van der Waals surface area contributed by atoms with Crippen LogP contribution in [-0.2, 0) is 4.74 Å². The minimum absolute atomic E-state index is 0.0575. The molecule has 158 valence electrons. The topological polar surface area (TPSA) is 118 Å². The first-order valence-electron chi connectivity index (χ1n) is 10.4. The van der Waals surface area contributed by atoms with Gasteiger partial charge in [0.2, 0.25) is 5.95 Å². The summed E-state index contributed by atoms with van der Waals surface area (Å²) in [4.78, 5) is 11.7. The van der Waals surface area contributed by atoms with Crippen molar-refractivity contribution in [3.8, 4) is 11.8 Å². The van der Waals surface area contributed by atoms with Crippen LogP contribution in [0.15, 0.2) is 12.4 Å². The Morgan fingerprint density at radius 3 is 2.80 bits per heavy atom. The van der Waals surface area contributed by atoms with E-state index in [1.807, 2.05) is 10.6 Å². The smallest absolute Gasteiger partial charge is 0.213 e. The summed E-state index contributed by atoms with van der Waals surface area (Å²) in [5, 5.41) is 18.0. The SMILES string of the molecule is C[C@@H]1OCC2(CCN(c3nc4[nH]nc(C#CC(C)(C)O)c4c4nccn34)CC2)[C@@H]1N. The van der Waals surface area contributed by atoms with E-state index in [0.717, 1.165) is 49.5 Å². The van der Waals surface area contributed by atoms with Crippen molar-refractivity contribution in [3.63, 3.8) is 0 Å². The van der Waals surface area contributed by atoms with Crippen LogP contribution in [0.5, 0.6) is 0 Å². The lowest BCUT2D eigenvalue weighted by atomic mass is 9.73.